The molecule has 1 N–H and O–H groups in total. The Labute approximate surface area is 150 Å². The van der Waals surface area contributed by atoms with E-state index in [9.17, 15) is 18.0 Å². The number of fused-ring (bicyclic) bond motifs is 1. The number of hydrogen-bond donors (Lipinski definition) is 1. The zero-order valence-electron chi connectivity index (χ0n) is 14.7. The smallest absolute Gasteiger partial charge is 0.296 e. The molecule has 140 valence electrons. The van der Waals surface area contributed by atoms with Gasteiger partial charge in [-0.2, -0.15) is 0 Å². The Morgan fingerprint density at radius 2 is 1.85 bits per heavy atom. The summed E-state index contributed by atoms with van der Waals surface area (Å²) in [4.78, 5) is 30.3. The Morgan fingerprint density at radius 1 is 1.15 bits per heavy atom. The number of rotatable bonds is 6. The van der Waals surface area contributed by atoms with Crippen LogP contribution >= 0.6 is 0 Å². The summed E-state index contributed by atoms with van der Waals surface area (Å²) < 4.78 is 29.6. The number of pyridine rings is 1. The van der Waals surface area contributed by atoms with E-state index in [2.05, 4.69) is 26.8 Å². The molecule has 0 atom stereocenters. The van der Waals surface area contributed by atoms with Crippen molar-refractivity contribution in [1.82, 2.24) is 23.7 Å². The maximum absolute atomic E-state index is 12.5. The van der Waals surface area contributed by atoms with Gasteiger partial charge in [-0.25, -0.2) is 22.9 Å². The van der Waals surface area contributed by atoms with E-state index in [4.69, 9.17) is 0 Å². The van der Waals surface area contributed by atoms with Crippen LogP contribution in [0.1, 0.15) is 6.42 Å². The maximum Gasteiger partial charge on any atom is 0.332 e. The van der Waals surface area contributed by atoms with Gasteiger partial charge < -0.3 is 0 Å². The topological polar surface area (TPSA) is 106 Å². The molecule has 10 heteroatoms. The predicted octanol–water partition coefficient (Wildman–Crippen LogP) is -0.828. The van der Waals surface area contributed by atoms with Crippen molar-refractivity contribution in [3.63, 3.8) is 0 Å². The number of nitrogens with one attached hydrogen (secondary N) is 1. The van der Waals surface area contributed by atoms with Crippen molar-refractivity contribution in [2.45, 2.75) is 11.3 Å². The van der Waals surface area contributed by atoms with Crippen molar-refractivity contribution in [2.24, 2.45) is 14.1 Å². The average molecular weight is 379 g/mol. The van der Waals surface area contributed by atoms with Crippen LogP contribution in [-0.2, 0) is 24.1 Å². The zero-order chi connectivity index (χ0) is 18.9. The number of aromatic nitrogens is 3. The zero-order valence-corrected chi connectivity index (χ0v) is 15.5. The third-order valence-electron chi connectivity index (χ3n) is 4.42. The third kappa shape index (κ3) is 3.48. The first-order valence-electron chi connectivity index (χ1n) is 8.24. The summed E-state index contributed by atoms with van der Waals surface area (Å²) in [6, 6.07) is 1.26. The van der Waals surface area contributed by atoms with Gasteiger partial charge in [0.15, 0.2) is 0 Å². The van der Waals surface area contributed by atoms with Gasteiger partial charge in [0.25, 0.3) is 5.56 Å². The fraction of sp³-hybridized carbons (Fsp3) is 0.438. The highest BCUT2D eigenvalue weighted by molar-refractivity contribution is 7.89. The summed E-state index contributed by atoms with van der Waals surface area (Å²) in [6.45, 7) is 2.88. The molecular formula is C16H21N5O4S. The number of sulfonamides is 1. The second kappa shape index (κ2) is 7.14. The number of aryl methyl sites for hydroxylation is 1. The Morgan fingerprint density at radius 3 is 2.54 bits per heavy atom. The first-order valence-corrected chi connectivity index (χ1v) is 9.72. The van der Waals surface area contributed by atoms with E-state index in [0.717, 1.165) is 30.4 Å². The first kappa shape index (κ1) is 18.5. The van der Waals surface area contributed by atoms with Crippen molar-refractivity contribution in [1.29, 1.82) is 0 Å². The minimum atomic E-state index is -3.78. The summed E-state index contributed by atoms with van der Waals surface area (Å²) in [5.74, 6) is 0. The second-order valence-electron chi connectivity index (χ2n) is 6.23. The van der Waals surface area contributed by atoms with Gasteiger partial charge in [-0.3, -0.25) is 18.8 Å². The summed E-state index contributed by atoms with van der Waals surface area (Å²) in [5.41, 5.74) is -0.937. The van der Waals surface area contributed by atoms with Crippen LogP contribution in [0.3, 0.4) is 0 Å². The van der Waals surface area contributed by atoms with Crippen LogP contribution in [0.4, 0.5) is 0 Å². The SMILES string of the molecule is Cn1c(=O)c2cc(S(=O)(=O)NCCCN3CC=CC3)cnc2n(C)c1=O. The Balaban J connectivity index is 1.80. The van der Waals surface area contributed by atoms with E-state index < -0.39 is 21.3 Å². The molecule has 0 unspecified atom stereocenters. The number of nitrogens with zero attached hydrogens (tertiary/aromatic N) is 4. The molecule has 0 spiro atoms. The molecule has 0 fully saturated rings. The average Bonchev–Trinajstić information content (AvgIpc) is 3.14. The normalized spacial score (nSPS) is 15.2. The fourth-order valence-corrected chi connectivity index (χ4v) is 3.93. The molecule has 26 heavy (non-hydrogen) atoms. The van der Waals surface area contributed by atoms with Crippen LogP contribution in [0.2, 0.25) is 0 Å². The fourth-order valence-electron chi connectivity index (χ4n) is 2.89. The predicted molar refractivity (Wildman–Crippen MR) is 97.6 cm³/mol. The molecule has 2 aromatic rings. The standard InChI is InChI=1S/C16H21N5O4S/c1-19-14-13(15(22)20(2)16(19)23)10-12(11-17-14)26(24,25)18-6-5-9-21-7-3-4-8-21/h3-4,10-11,18H,5-9H2,1-2H3. The van der Waals surface area contributed by atoms with Crippen LogP contribution in [0.25, 0.3) is 11.0 Å². The van der Waals surface area contributed by atoms with E-state index in [1.807, 2.05) is 0 Å². The molecule has 0 saturated heterocycles. The van der Waals surface area contributed by atoms with Gasteiger partial charge in [-0.05, 0) is 12.5 Å². The van der Waals surface area contributed by atoms with Crippen molar-refractivity contribution in [2.75, 3.05) is 26.2 Å². The van der Waals surface area contributed by atoms with Crippen molar-refractivity contribution >= 4 is 21.1 Å². The summed E-state index contributed by atoms with van der Waals surface area (Å²) in [5, 5.41) is 0.0839. The quantitative estimate of drug-likeness (QED) is 0.519. The molecule has 9 nitrogen and oxygen atoms in total. The van der Waals surface area contributed by atoms with Crippen molar-refractivity contribution < 1.29 is 8.42 Å². The lowest BCUT2D eigenvalue weighted by Crippen LogP contribution is -2.37. The molecule has 1 aliphatic rings. The lowest BCUT2D eigenvalue weighted by Gasteiger charge is -2.14. The minimum absolute atomic E-state index is 0.0839. The van der Waals surface area contributed by atoms with Crippen LogP contribution in [0, 0.1) is 0 Å². The van der Waals surface area contributed by atoms with E-state index in [1.54, 1.807) is 0 Å². The lowest BCUT2D eigenvalue weighted by atomic mass is 10.3. The van der Waals surface area contributed by atoms with Gasteiger partial charge >= 0.3 is 5.69 Å². The highest BCUT2D eigenvalue weighted by Crippen LogP contribution is 2.12. The molecule has 3 rings (SSSR count). The molecule has 0 radical (unpaired) electrons. The number of hydrogen-bond acceptors (Lipinski definition) is 6. The van der Waals surface area contributed by atoms with Crippen LogP contribution in [0.5, 0.6) is 0 Å². The van der Waals surface area contributed by atoms with Gasteiger partial charge in [0.1, 0.15) is 10.5 Å². The monoisotopic (exact) mass is 379 g/mol. The summed E-state index contributed by atoms with van der Waals surface area (Å²) in [6.07, 6.45) is 6.00. The maximum atomic E-state index is 12.5. The van der Waals surface area contributed by atoms with Crippen molar-refractivity contribution in [3.8, 4) is 0 Å². The Kier molecular flexibility index (Phi) is 5.08. The van der Waals surface area contributed by atoms with Crippen LogP contribution < -0.4 is 16.0 Å². The van der Waals surface area contributed by atoms with Gasteiger partial charge in [0.2, 0.25) is 10.0 Å². The first-order chi connectivity index (χ1) is 12.3. The molecule has 0 aromatic carbocycles. The molecule has 2 aromatic heterocycles. The summed E-state index contributed by atoms with van der Waals surface area (Å²) >= 11 is 0. The van der Waals surface area contributed by atoms with E-state index >= 15 is 0 Å². The minimum Gasteiger partial charge on any atom is -0.296 e. The van der Waals surface area contributed by atoms with E-state index in [1.165, 1.54) is 24.7 Å². The Bertz CT molecular complexity index is 1080. The molecule has 0 saturated carbocycles. The van der Waals surface area contributed by atoms with Gasteiger partial charge in [-0.1, -0.05) is 12.2 Å². The van der Waals surface area contributed by atoms with E-state index in [0.29, 0.717) is 13.0 Å². The second-order valence-corrected chi connectivity index (χ2v) is 8.00. The summed E-state index contributed by atoms with van der Waals surface area (Å²) in [7, 11) is -0.955. The molecule has 1 aliphatic heterocycles. The van der Waals surface area contributed by atoms with Gasteiger partial charge in [-0.15, -0.1) is 0 Å². The third-order valence-corrected chi connectivity index (χ3v) is 5.84. The highest BCUT2D eigenvalue weighted by Gasteiger charge is 2.18. The van der Waals surface area contributed by atoms with Crippen LogP contribution in [0.15, 0.2) is 38.9 Å². The van der Waals surface area contributed by atoms with Crippen molar-refractivity contribution in [3.05, 3.63) is 45.3 Å². The van der Waals surface area contributed by atoms with Crippen LogP contribution in [-0.4, -0.2) is 53.6 Å². The largest absolute Gasteiger partial charge is 0.332 e. The van der Waals surface area contributed by atoms with E-state index in [-0.39, 0.29) is 15.9 Å². The molecule has 0 amide bonds. The molecule has 0 aliphatic carbocycles. The molecular weight excluding hydrogens is 358 g/mol. The lowest BCUT2D eigenvalue weighted by molar-refractivity contribution is 0.347. The van der Waals surface area contributed by atoms with Gasteiger partial charge in [0.05, 0.1) is 5.39 Å². The molecule has 0 bridgehead atoms. The molecule has 3 heterocycles. The highest BCUT2D eigenvalue weighted by atomic mass is 32.2. The van der Waals surface area contributed by atoms with Gasteiger partial charge in [0, 0.05) is 46.5 Å². The Hall–Kier alpha value is -2.30.